The average Bonchev–Trinajstić information content (AvgIpc) is 3.19. The molecule has 3 nitrogen and oxygen atoms in total. The summed E-state index contributed by atoms with van der Waals surface area (Å²) in [6.45, 7) is 7.12. The van der Waals surface area contributed by atoms with Crippen LogP contribution in [0.15, 0.2) is 12.1 Å². The van der Waals surface area contributed by atoms with Crippen LogP contribution in [0.1, 0.15) is 41.1 Å². The first-order valence-corrected chi connectivity index (χ1v) is 6.92. The van der Waals surface area contributed by atoms with E-state index in [1.54, 1.807) is 0 Å². The summed E-state index contributed by atoms with van der Waals surface area (Å²) < 4.78 is 4.94. The number of ether oxygens (including phenoxy) is 1. The van der Waals surface area contributed by atoms with Crippen molar-refractivity contribution in [2.75, 3.05) is 13.7 Å². The van der Waals surface area contributed by atoms with E-state index in [1.807, 2.05) is 0 Å². The van der Waals surface area contributed by atoms with Gasteiger partial charge in [-0.05, 0) is 68.3 Å². The first-order valence-electron chi connectivity index (χ1n) is 6.92. The third kappa shape index (κ3) is 3.35. The van der Waals surface area contributed by atoms with Gasteiger partial charge in [0, 0.05) is 0 Å². The molecule has 104 valence electrons. The number of carbonyl (C=O) groups is 1. The van der Waals surface area contributed by atoms with Crippen molar-refractivity contribution in [3.63, 3.8) is 0 Å². The molecule has 0 aromatic heterocycles. The van der Waals surface area contributed by atoms with Crippen LogP contribution in [0.3, 0.4) is 0 Å². The van der Waals surface area contributed by atoms with E-state index in [-0.39, 0.29) is 12.0 Å². The molecule has 1 aliphatic carbocycles. The number of hydrogen-bond acceptors (Lipinski definition) is 3. The van der Waals surface area contributed by atoms with E-state index >= 15 is 0 Å². The number of methoxy groups -OCH3 is 1. The minimum absolute atomic E-state index is 0.202. The monoisotopic (exact) mass is 261 g/mol. The van der Waals surface area contributed by atoms with Crippen molar-refractivity contribution in [1.82, 2.24) is 5.32 Å². The van der Waals surface area contributed by atoms with Gasteiger partial charge in [-0.25, -0.2) is 4.79 Å². The van der Waals surface area contributed by atoms with E-state index < -0.39 is 0 Å². The molecule has 1 atom stereocenters. The van der Waals surface area contributed by atoms with Crippen LogP contribution < -0.4 is 5.32 Å². The second-order valence-electron chi connectivity index (χ2n) is 5.60. The molecule has 0 aliphatic heterocycles. The zero-order valence-corrected chi connectivity index (χ0v) is 12.2. The number of benzene rings is 1. The molecule has 0 amide bonds. The lowest BCUT2D eigenvalue weighted by molar-refractivity contribution is -0.143. The number of esters is 1. The van der Waals surface area contributed by atoms with Crippen molar-refractivity contribution in [1.29, 1.82) is 0 Å². The highest BCUT2D eigenvalue weighted by Crippen LogP contribution is 2.29. The van der Waals surface area contributed by atoms with Gasteiger partial charge in [0.15, 0.2) is 0 Å². The summed E-state index contributed by atoms with van der Waals surface area (Å²) in [7, 11) is 1.45. The smallest absolute Gasteiger partial charge is 0.327 e. The van der Waals surface area contributed by atoms with Gasteiger partial charge in [0.05, 0.1) is 7.11 Å². The van der Waals surface area contributed by atoms with Gasteiger partial charge in [-0.2, -0.15) is 0 Å². The van der Waals surface area contributed by atoms with Crippen molar-refractivity contribution in [2.24, 2.45) is 5.92 Å². The Morgan fingerprint density at radius 2 is 1.89 bits per heavy atom. The number of hydrogen-bond donors (Lipinski definition) is 1. The minimum atomic E-state index is -0.343. The molecule has 0 radical (unpaired) electrons. The SMILES string of the molecule is COC(=O)C(NCC1CC1)c1cc(C)c(C)cc1C. The van der Waals surface area contributed by atoms with Crippen LogP contribution in [-0.4, -0.2) is 19.6 Å². The second-order valence-corrected chi connectivity index (χ2v) is 5.60. The topological polar surface area (TPSA) is 38.3 Å². The Morgan fingerprint density at radius 1 is 1.26 bits per heavy atom. The van der Waals surface area contributed by atoms with Crippen LogP contribution >= 0.6 is 0 Å². The van der Waals surface area contributed by atoms with Crippen molar-refractivity contribution < 1.29 is 9.53 Å². The highest BCUT2D eigenvalue weighted by molar-refractivity contribution is 5.78. The quantitative estimate of drug-likeness (QED) is 0.828. The third-order valence-electron chi connectivity index (χ3n) is 3.94. The fourth-order valence-electron chi connectivity index (χ4n) is 2.34. The third-order valence-corrected chi connectivity index (χ3v) is 3.94. The van der Waals surface area contributed by atoms with Crippen molar-refractivity contribution in [3.8, 4) is 0 Å². The lowest BCUT2D eigenvalue weighted by Gasteiger charge is -2.20. The predicted octanol–water partition coefficient (Wildman–Crippen LogP) is 2.83. The molecule has 1 aliphatic rings. The van der Waals surface area contributed by atoms with E-state index in [9.17, 15) is 4.79 Å². The van der Waals surface area contributed by atoms with Gasteiger partial charge < -0.3 is 10.1 Å². The molecule has 1 aromatic rings. The zero-order valence-electron chi connectivity index (χ0n) is 12.2. The molecule has 1 aromatic carbocycles. The van der Waals surface area contributed by atoms with Gasteiger partial charge in [-0.3, -0.25) is 0 Å². The maximum atomic E-state index is 12.0. The Labute approximate surface area is 115 Å². The molecule has 1 N–H and O–H groups in total. The lowest BCUT2D eigenvalue weighted by Crippen LogP contribution is -2.31. The Hall–Kier alpha value is -1.35. The second kappa shape index (κ2) is 5.74. The summed E-state index contributed by atoms with van der Waals surface area (Å²) in [6, 6.07) is 3.90. The summed E-state index contributed by atoms with van der Waals surface area (Å²) in [4.78, 5) is 12.0. The van der Waals surface area contributed by atoms with E-state index in [4.69, 9.17) is 4.74 Å². The van der Waals surface area contributed by atoms with E-state index in [0.29, 0.717) is 0 Å². The highest BCUT2D eigenvalue weighted by Gasteiger charge is 2.27. The summed E-state index contributed by atoms with van der Waals surface area (Å²) in [5, 5.41) is 3.36. The number of rotatable bonds is 5. The standard InChI is InChI=1S/C16H23NO2/c1-10-7-12(3)14(8-11(10)2)15(16(18)19-4)17-9-13-5-6-13/h7-8,13,15,17H,5-6,9H2,1-4H3. The molecule has 3 heteroatoms. The first kappa shape index (κ1) is 14.1. The Balaban J connectivity index is 2.25. The highest BCUT2D eigenvalue weighted by atomic mass is 16.5. The molecule has 1 fully saturated rings. The molecule has 2 rings (SSSR count). The molecular formula is C16H23NO2. The van der Waals surface area contributed by atoms with Gasteiger partial charge in [0.2, 0.25) is 0 Å². The largest absolute Gasteiger partial charge is 0.468 e. The van der Waals surface area contributed by atoms with Crippen LogP contribution in [0, 0.1) is 26.7 Å². The van der Waals surface area contributed by atoms with Crippen molar-refractivity contribution >= 4 is 5.97 Å². The molecular weight excluding hydrogens is 238 g/mol. The van der Waals surface area contributed by atoms with Crippen molar-refractivity contribution in [3.05, 3.63) is 34.4 Å². The Kier molecular flexibility index (Phi) is 4.25. The van der Waals surface area contributed by atoms with E-state index in [0.717, 1.165) is 23.6 Å². The predicted molar refractivity (Wildman–Crippen MR) is 76.1 cm³/mol. The summed E-state index contributed by atoms with van der Waals surface area (Å²) >= 11 is 0. The van der Waals surface area contributed by atoms with Crippen molar-refractivity contribution in [2.45, 2.75) is 39.7 Å². The zero-order chi connectivity index (χ0) is 14.0. The Bertz CT molecular complexity index is 478. The minimum Gasteiger partial charge on any atom is -0.468 e. The van der Waals surface area contributed by atoms with Gasteiger partial charge in [0.25, 0.3) is 0 Å². The number of nitrogens with one attached hydrogen (secondary N) is 1. The van der Waals surface area contributed by atoms with Crippen LogP contribution in [0.5, 0.6) is 0 Å². The van der Waals surface area contributed by atoms with E-state index in [1.165, 1.54) is 31.1 Å². The summed E-state index contributed by atoms with van der Waals surface area (Å²) in [5.74, 6) is 0.533. The lowest BCUT2D eigenvalue weighted by atomic mass is 9.95. The normalized spacial score (nSPS) is 16.2. The number of aryl methyl sites for hydroxylation is 3. The van der Waals surface area contributed by atoms with Crippen LogP contribution in [0.4, 0.5) is 0 Å². The van der Waals surface area contributed by atoms with E-state index in [2.05, 4.69) is 38.2 Å². The molecule has 1 saturated carbocycles. The molecule has 0 saturated heterocycles. The summed E-state index contributed by atoms with van der Waals surface area (Å²) in [5.41, 5.74) is 4.65. The Morgan fingerprint density at radius 3 is 2.47 bits per heavy atom. The van der Waals surface area contributed by atoms with Gasteiger partial charge >= 0.3 is 5.97 Å². The van der Waals surface area contributed by atoms with Gasteiger partial charge in [-0.1, -0.05) is 12.1 Å². The average molecular weight is 261 g/mol. The molecule has 0 heterocycles. The molecule has 0 bridgehead atoms. The van der Waals surface area contributed by atoms with Gasteiger partial charge in [0.1, 0.15) is 6.04 Å². The van der Waals surface area contributed by atoms with Gasteiger partial charge in [-0.15, -0.1) is 0 Å². The van der Waals surface area contributed by atoms with Crippen LogP contribution in [-0.2, 0) is 9.53 Å². The first-order chi connectivity index (χ1) is 9.02. The van der Waals surface area contributed by atoms with Crippen LogP contribution in [0.25, 0.3) is 0 Å². The molecule has 0 spiro atoms. The number of carbonyl (C=O) groups excluding carboxylic acids is 1. The fraction of sp³-hybridized carbons (Fsp3) is 0.562. The molecule has 1 unspecified atom stereocenters. The summed E-state index contributed by atoms with van der Waals surface area (Å²) in [6.07, 6.45) is 2.54. The maximum Gasteiger partial charge on any atom is 0.327 e. The fourth-order valence-corrected chi connectivity index (χ4v) is 2.34. The van der Waals surface area contributed by atoms with Crippen LogP contribution in [0.2, 0.25) is 0 Å². The maximum absolute atomic E-state index is 12.0. The molecule has 19 heavy (non-hydrogen) atoms.